The van der Waals surface area contributed by atoms with Crippen molar-refractivity contribution in [2.75, 3.05) is 18.4 Å². The Morgan fingerprint density at radius 3 is 2.94 bits per heavy atom. The standard InChI is InChI=1S/C12H16ClN5/c1-12(4-6-14-7-5-12)16-11-15-10-3-2-9(13)8-18(10)17-11/h2-3,8,14H,4-7H2,1H3,(H,16,17). The zero-order valence-electron chi connectivity index (χ0n) is 10.3. The largest absolute Gasteiger partial charge is 0.348 e. The summed E-state index contributed by atoms with van der Waals surface area (Å²) in [4.78, 5) is 4.45. The van der Waals surface area contributed by atoms with Gasteiger partial charge in [0.25, 0.3) is 0 Å². The molecule has 2 aromatic rings. The Morgan fingerprint density at radius 2 is 2.17 bits per heavy atom. The number of hydrogen-bond donors (Lipinski definition) is 2. The molecule has 3 rings (SSSR count). The van der Waals surface area contributed by atoms with E-state index >= 15 is 0 Å². The maximum atomic E-state index is 5.93. The molecule has 1 fully saturated rings. The van der Waals surface area contributed by atoms with E-state index in [-0.39, 0.29) is 5.54 Å². The lowest BCUT2D eigenvalue weighted by molar-refractivity contribution is 0.363. The number of piperidine rings is 1. The topological polar surface area (TPSA) is 54.2 Å². The highest BCUT2D eigenvalue weighted by atomic mass is 35.5. The smallest absolute Gasteiger partial charge is 0.243 e. The van der Waals surface area contributed by atoms with Gasteiger partial charge in [-0.3, -0.25) is 0 Å². The summed E-state index contributed by atoms with van der Waals surface area (Å²) in [5.74, 6) is 0.668. The van der Waals surface area contributed by atoms with Crippen LogP contribution in [-0.2, 0) is 0 Å². The molecule has 18 heavy (non-hydrogen) atoms. The van der Waals surface area contributed by atoms with E-state index in [2.05, 4.69) is 27.6 Å². The fourth-order valence-electron chi connectivity index (χ4n) is 2.28. The average molecular weight is 266 g/mol. The third-order valence-electron chi connectivity index (χ3n) is 3.42. The van der Waals surface area contributed by atoms with Gasteiger partial charge in [-0.15, -0.1) is 5.10 Å². The van der Waals surface area contributed by atoms with Crippen LogP contribution >= 0.6 is 11.6 Å². The van der Waals surface area contributed by atoms with Gasteiger partial charge in [0.2, 0.25) is 5.95 Å². The first-order chi connectivity index (χ1) is 8.65. The fourth-order valence-corrected chi connectivity index (χ4v) is 2.44. The van der Waals surface area contributed by atoms with Crippen LogP contribution in [0, 0.1) is 0 Å². The summed E-state index contributed by atoms with van der Waals surface area (Å²) in [5.41, 5.74) is 0.874. The van der Waals surface area contributed by atoms with Crippen LogP contribution in [0.5, 0.6) is 0 Å². The van der Waals surface area contributed by atoms with Crippen molar-refractivity contribution in [1.29, 1.82) is 0 Å². The molecular formula is C12H16ClN5. The van der Waals surface area contributed by atoms with E-state index in [4.69, 9.17) is 11.6 Å². The van der Waals surface area contributed by atoms with Crippen LogP contribution in [-0.4, -0.2) is 33.2 Å². The van der Waals surface area contributed by atoms with Crippen molar-refractivity contribution < 1.29 is 0 Å². The zero-order chi connectivity index (χ0) is 12.6. The molecule has 2 aromatic heterocycles. The molecule has 1 aliphatic heterocycles. The molecular weight excluding hydrogens is 250 g/mol. The lowest BCUT2D eigenvalue weighted by Crippen LogP contribution is -2.45. The van der Waals surface area contributed by atoms with Gasteiger partial charge in [-0.2, -0.15) is 4.98 Å². The van der Waals surface area contributed by atoms with Crippen LogP contribution in [0.3, 0.4) is 0 Å². The molecule has 6 heteroatoms. The van der Waals surface area contributed by atoms with Crippen LogP contribution in [0.2, 0.25) is 5.02 Å². The number of pyridine rings is 1. The molecule has 0 amide bonds. The number of rotatable bonds is 2. The van der Waals surface area contributed by atoms with E-state index in [1.807, 2.05) is 12.1 Å². The van der Waals surface area contributed by atoms with Crippen molar-refractivity contribution in [3.8, 4) is 0 Å². The highest BCUT2D eigenvalue weighted by Crippen LogP contribution is 2.22. The highest BCUT2D eigenvalue weighted by molar-refractivity contribution is 6.30. The molecule has 0 unspecified atom stereocenters. The van der Waals surface area contributed by atoms with Crippen molar-refractivity contribution in [2.45, 2.75) is 25.3 Å². The Morgan fingerprint density at radius 1 is 1.39 bits per heavy atom. The zero-order valence-corrected chi connectivity index (χ0v) is 11.0. The predicted octanol–water partition coefficient (Wildman–Crippen LogP) is 1.94. The molecule has 0 atom stereocenters. The molecule has 1 aliphatic rings. The molecule has 3 heterocycles. The molecule has 96 valence electrons. The number of halogens is 1. The Bertz CT molecular complexity index is 559. The normalized spacial score (nSPS) is 19.0. The van der Waals surface area contributed by atoms with E-state index in [1.165, 1.54) is 0 Å². The molecule has 0 bridgehead atoms. The second-order valence-electron chi connectivity index (χ2n) is 5.02. The summed E-state index contributed by atoms with van der Waals surface area (Å²) in [6, 6.07) is 3.69. The number of aromatic nitrogens is 3. The number of nitrogens with zero attached hydrogens (tertiary/aromatic N) is 3. The third-order valence-corrected chi connectivity index (χ3v) is 3.64. The van der Waals surface area contributed by atoms with Gasteiger partial charge in [0, 0.05) is 11.7 Å². The predicted molar refractivity (Wildman–Crippen MR) is 72.1 cm³/mol. The van der Waals surface area contributed by atoms with Gasteiger partial charge in [-0.1, -0.05) is 11.6 Å². The first kappa shape index (κ1) is 11.7. The average Bonchev–Trinajstić information content (AvgIpc) is 2.70. The van der Waals surface area contributed by atoms with Crippen LogP contribution < -0.4 is 10.6 Å². The monoisotopic (exact) mass is 265 g/mol. The lowest BCUT2D eigenvalue weighted by Gasteiger charge is -2.34. The van der Waals surface area contributed by atoms with E-state index in [1.54, 1.807) is 10.7 Å². The number of anilines is 1. The number of hydrogen-bond acceptors (Lipinski definition) is 4. The second kappa shape index (κ2) is 4.40. The van der Waals surface area contributed by atoms with Gasteiger partial charge in [0.15, 0.2) is 5.65 Å². The number of fused-ring (bicyclic) bond motifs is 1. The van der Waals surface area contributed by atoms with Gasteiger partial charge in [0.1, 0.15) is 0 Å². The number of nitrogens with one attached hydrogen (secondary N) is 2. The SMILES string of the molecule is CC1(Nc2nc3ccc(Cl)cn3n2)CCNCC1. The second-order valence-corrected chi connectivity index (χ2v) is 5.46. The van der Waals surface area contributed by atoms with E-state index in [0.717, 1.165) is 31.6 Å². The Hall–Kier alpha value is -1.33. The molecule has 1 saturated heterocycles. The van der Waals surface area contributed by atoms with Crippen molar-refractivity contribution in [2.24, 2.45) is 0 Å². The molecule has 0 aliphatic carbocycles. The van der Waals surface area contributed by atoms with Crippen molar-refractivity contribution in [3.63, 3.8) is 0 Å². The van der Waals surface area contributed by atoms with E-state index < -0.39 is 0 Å². The van der Waals surface area contributed by atoms with E-state index in [0.29, 0.717) is 11.0 Å². The van der Waals surface area contributed by atoms with Gasteiger partial charge in [-0.05, 0) is 45.0 Å². The van der Waals surface area contributed by atoms with Gasteiger partial charge in [-0.25, -0.2) is 4.52 Å². The maximum Gasteiger partial charge on any atom is 0.243 e. The summed E-state index contributed by atoms with van der Waals surface area (Å²) < 4.78 is 1.70. The lowest BCUT2D eigenvalue weighted by atomic mass is 9.91. The first-order valence-corrected chi connectivity index (χ1v) is 6.53. The van der Waals surface area contributed by atoms with E-state index in [9.17, 15) is 0 Å². The summed E-state index contributed by atoms with van der Waals surface area (Å²) in [7, 11) is 0. The quantitative estimate of drug-likeness (QED) is 0.871. The minimum absolute atomic E-state index is 0.0694. The summed E-state index contributed by atoms with van der Waals surface area (Å²) in [5, 5.41) is 11.9. The Kier molecular flexibility index (Phi) is 2.87. The highest BCUT2D eigenvalue weighted by Gasteiger charge is 2.27. The van der Waals surface area contributed by atoms with Crippen LogP contribution in [0.4, 0.5) is 5.95 Å². The van der Waals surface area contributed by atoms with Gasteiger partial charge >= 0.3 is 0 Å². The Balaban J connectivity index is 1.86. The minimum atomic E-state index is 0.0694. The molecule has 0 aromatic carbocycles. The van der Waals surface area contributed by atoms with Gasteiger partial charge in [0.05, 0.1) is 5.02 Å². The third kappa shape index (κ3) is 2.28. The maximum absolute atomic E-state index is 5.93. The van der Waals surface area contributed by atoms with Crippen LogP contribution in [0.25, 0.3) is 5.65 Å². The Labute approximate surface area is 111 Å². The fraction of sp³-hybridized carbons (Fsp3) is 0.500. The van der Waals surface area contributed by atoms with Gasteiger partial charge < -0.3 is 10.6 Å². The minimum Gasteiger partial charge on any atom is -0.348 e. The molecule has 0 radical (unpaired) electrons. The molecule has 0 saturated carbocycles. The molecule has 2 N–H and O–H groups in total. The van der Waals surface area contributed by atoms with Crippen molar-refractivity contribution in [1.82, 2.24) is 19.9 Å². The van der Waals surface area contributed by atoms with Crippen LogP contribution in [0.1, 0.15) is 19.8 Å². The first-order valence-electron chi connectivity index (χ1n) is 6.16. The molecule has 5 nitrogen and oxygen atoms in total. The molecule has 0 spiro atoms. The summed E-state index contributed by atoms with van der Waals surface area (Å²) in [6.45, 7) is 4.28. The summed E-state index contributed by atoms with van der Waals surface area (Å²) >= 11 is 5.93. The van der Waals surface area contributed by atoms with Crippen molar-refractivity contribution in [3.05, 3.63) is 23.4 Å². The summed E-state index contributed by atoms with van der Waals surface area (Å²) in [6.07, 6.45) is 3.91. The van der Waals surface area contributed by atoms with Crippen LogP contribution in [0.15, 0.2) is 18.3 Å². The van der Waals surface area contributed by atoms with Crippen molar-refractivity contribution >= 4 is 23.2 Å².